The number of nitrogens with one attached hydrogen (secondary N) is 1. The van der Waals surface area contributed by atoms with Crippen LogP contribution in [0, 0.1) is 5.92 Å². The number of hydrogen-bond donors (Lipinski definition) is 2. The summed E-state index contributed by atoms with van der Waals surface area (Å²) < 4.78 is 5.58. The molecule has 1 aromatic rings. The van der Waals surface area contributed by atoms with Crippen LogP contribution in [0.1, 0.15) is 12.8 Å². The molecule has 2 aliphatic rings. The number of benzene rings is 1. The molecule has 0 saturated carbocycles. The summed E-state index contributed by atoms with van der Waals surface area (Å²) in [4.78, 5) is 27.1. The Labute approximate surface area is 134 Å². The third kappa shape index (κ3) is 3.33. The zero-order valence-corrected chi connectivity index (χ0v) is 13.1. The first-order valence-corrected chi connectivity index (χ1v) is 7.81. The van der Waals surface area contributed by atoms with E-state index in [9.17, 15) is 9.59 Å². The van der Waals surface area contributed by atoms with Gasteiger partial charge in [-0.3, -0.25) is 4.79 Å². The summed E-state index contributed by atoms with van der Waals surface area (Å²) in [5.41, 5.74) is 1.62. The number of rotatable bonds is 2. The lowest BCUT2D eigenvalue weighted by molar-refractivity contribution is -0.143. The van der Waals surface area contributed by atoms with E-state index in [-0.39, 0.29) is 12.6 Å². The molecule has 2 aliphatic heterocycles. The number of carbonyl (C=O) groups excluding carboxylic acids is 1. The fourth-order valence-corrected chi connectivity index (χ4v) is 2.99. The Bertz CT molecular complexity index is 619. The van der Waals surface area contributed by atoms with Crippen LogP contribution < -0.4 is 15.0 Å². The van der Waals surface area contributed by atoms with Crippen molar-refractivity contribution in [1.82, 2.24) is 4.90 Å². The van der Waals surface area contributed by atoms with Crippen molar-refractivity contribution in [2.45, 2.75) is 12.8 Å². The molecular weight excluding hydrogens is 298 g/mol. The molecule has 3 rings (SSSR count). The second kappa shape index (κ2) is 6.36. The molecule has 2 amide bonds. The van der Waals surface area contributed by atoms with Gasteiger partial charge in [0, 0.05) is 25.8 Å². The van der Waals surface area contributed by atoms with E-state index >= 15 is 0 Å². The lowest BCUT2D eigenvalue weighted by Gasteiger charge is -2.31. The number of hydrogen-bond acceptors (Lipinski definition) is 4. The van der Waals surface area contributed by atoms with E-state index in [1.54, 1.807) is 11.0 Å². The smallest absolute Gasteiger partial charge is 0.321 e. The van der Waals surface area contributed by atoms with Crippen molar-refractivity contribution in [2.75, 3.05) is 43.5 Å². The predicted octanol–water partition coefficient (Wildman–Crippen LogP) is 1.84. The van der Waals surface area contributed by atoms with Crippen molar-refractivity contribution in [3.63, 3.8) is 0 Å². The number of carbonyl (C=O) groups is 2. The number of nitrogens with zero attached hydrogens (tertiary/aromatic N) is 2. The first-order chi connectivity index (χ1) is 11.0. The molecule has 7 nitrogen and oxygen atoms in total. The van der Waals surface area contributed by atoms with E-state index in [0.717, 1.165) is 18.0 Å². The zero-order valence-electron chi connectivity index (χ0n) is 13.1. The molecule has 0 aliphatic carbocycles. The number of fused-ring (bicyclic) bond motifs is 1. The van der Waals surface area contributed by atoms with Gasteiger partial charge >= 0.3 is 12.0 Å². The average Bonchev–Trinajstić information content (AvgIpc) is 2.55. The molecule has 0 bridgehead atoms. The van der Waals surface area contributed by atoms with Crippen molar-refractivity contribution in [3.8, 4) is 5.75 Å². The summed E-state index contributed by atoms with van der Waals surface area (Å²) in [5.74, 6) is -0.506. The fourth-order valence-electron chi connectivity index (χ4n) is 2.99. The Kier molecular flexibility index (Phi) is 4.27. The molecule has 2 heterocycles. The number of anilines is 2. The Morgan fingerprint density at radius 1 is 1.35 bits per heavy atom. The van der Waals surface area contributed by atoms with E-state index in [4.69, 9.17) is 9.84 Å². The van der Waals surface area contributed by atoms with Crippen molar-refractivity contribution >= 4 is 23.4 Å². The van der Waals surface area contributed by atoms with Crippen LogP contribution in [0.4, 0.5) is 16.2 Å². The van der Waals surface area contributed by atoms with Gasteiger partial charge in [0.05, 0.1) is 18.2 Å². The molecule has 7 heteroatoms. The number of amides is 2. The minimum Gasteiger partial charge on any atom is -0.490 e. The molecule has 124 valence electrons. The molecule has 1 saturated heterocycles. The molecule has 0 aromatic heterocycles. The summed E-state index contributed by atoms with van der Waals surface area (Å²) in [6, 6.07) is 5.27. The molecule has 1 atom stereocenters. The van der Waals surface area contributed by atoms with Gasteiger partial charge in [-0.25, -0.2) is 4.79 Å². The molecule has 23 heavy (non-hydrogen) atoms. The standard InChI is InChI=1S/C16H21N3O4/c1-18-7-8-23-14-5-4-12(9-13(14)18)17-16(22)19-6-2-3-11(10-19)15(20)21/h4-5,9,11H,2-3,6-8,10H2,1H3,(H,17,22)(H,20,21). The minimum atomic E-state index is -0.838. The predicted molar refractivity (Wildman–Crippen MR) is 86.2 cm³/mol. The number of likely N-dealkylation sites (tertiary alicyclic amines) is 1. The lowest BCUT2D eigenvalue weighted by Crippen LogP contribution is -2.44. The number of carboxylic acid groups (broad SMARTS) is 1. The van der Waals surface area contributed by atoms with E-state index < -0.39 is 11.9 Å². The Hall–Kier alpha value is -2.44. The average molecular weight is 319 g/mol. The van der Waals surface area contributed by atoms with Crippen LogP contribution in [-0.4, -0.2) is 55.3 Å². The highest BCUT2D eigenvalue weighted by molar-refractivity contribution is 5.90. The fraction of sp³-hybridized carbons (Fsp3) is 0.500. The lowest BCUT2D eigenvalue weighted by atomic mass is 9.99. The van der Waals surface area contributed by atoms with Crippen LogP contribution in [0.3, 0.4) is 0 Å². The van der Waals surface area contributed by atoms with Crippen LogP contribution >= 0.6 is 0 Å². The third-order valence-corrected chi connectivity index (χ3v) is 4.36. The SMILES string of the molecule is CN1CCOc2ccc(NC(=O)N3CCCC(C(=O)O)C3)cc21. The minimum absolute atomic E-state index is 0.254. The van der Waals surface area contributed by atoms with E-state index in [1.807, 2.05) is 19.2 Å². The highest BCUT2D eigenvalue weighted by Gasteiger charge is 2.28. The van der Waals surface area contributed by atoms with E-state index in [1.165, 1.54) is 0 Å². The van der Waals surface area contributed by atoms with Crippen molar-refractivity contribution in [3.05, 3.63) is 18.2 Å². The molecule has 1 fully saturated rings. The van der Waals surface area contributed by atoms with Gasteiger partial charge in [-0.05, 0) is 31.0 Å². The van der Waals surface area contributed by atoms with Crippen molar-refractivity contribution in [2.24, 2.45) is 5.92 Å². The monoisotopic (exact) mass is 319 g/mol. The maximum absolute atomic E-state index is 12.4. The summed E-state index contributed by atoms with van der Waals surface area (Å²) in [6.45, 7) is 2.30. The molecule has 1 aromatic carbocycles. The first-order valence-electron chi connectivity index (χ1n) is 7.81. The Morgan fingerprint density at radius 3 is 2.96 bits per heavy atom. The van der Waals surface area contributed by atoms with Gasteiger partial charge in [-0.1, -0.05) is 0 Å². The van der Waals surface area contributed by atoms with Crippen LogP contribution in [0.2, 0.25) is 0 Å². The molecule has 0 radical (unpaired) electrons. The third-order valence-electron chi connectivity index (χ3n) is 4.36. The zero-order chi connectivity index (χ0) is 16.4. The number of urea groups is 1. The van der Waals surface area contributed by atoms with E-state index in [0.29, 0.717) is 31.7 Å². The highest BCUT2D eigenvalue weighted by atomic mass is 16.5. The van der Waals surface area contributed by atoms with Crippen LogP contribution in [-0.2, 0) is 4.79 Å². The van der Waals surface area contributed by atoms with Crippen LogP contribution in [0.15, 0.2) is 18.2 Å². The first kappa shape index (κ1) is 15.5. The number of piperidine rings is 1. The van der Waals surface area contributed by atoms with Gasteiger partial charge in [0.15, 0.2) is 0 Å². The van der Waals surface area contributed by atoms with Crippen LogP contribution in [0.25, 0.3) is 0 Å². The molecular formula is C16H21N3O4. The van der Waals surface area contributed by atoms with Crippen LogP contribution in [0.5, 0.6) is 5.75 Å². The number of ether oxygens (including phenoxy) is 1. The number of carboxylic acids is 1. The van der Waals surface area contributed by atoms with Crippen molar-refractivity contribution in [1.29, 1.82) is 0 Å². The number of aliphatic carboxylic acids is 1. The Balaban J connectivity index is 1.68. The van der Waals surface area contributed by atoms with Gasteiger partial charge in [0.2, 0.25) is 0 Å². The quantitative estimate of drug-likeness (QED) is 0.869. The number of likely N-dealkylation sites (N-methyl/N-ethyl adjacent to an activating group) is 1. The summed E-state index contributed by atoms with van der Waals surface area (Å²) in [6.07, 6.45) is 1.34. The second-order valence-corrected chi connectivity index (χ2v) is 6.01. The van der Waals surface area contributed by atoms with Gasteiger partial charge in [-0.15, -0.1) is 0 Å². The topological polar surface area (TPSA) is 82.1 Å². The Morgan fingerprint density at radius 2 is 2.17 bits per heavy atom. The van der Waals surface area contributed by atoms with Gasteiger partial charge in [0.1, 0.15) is 12.4 Å². The normalized spacial score (nSPS) is 20.5. The maximum atomic E-state index is 12.4. The summed E-state index contributed by atoms with van der Waals surface area (Å²) in [5, 5.41) is 12.0. The molecule has 1 unspecified atom stereocenters. The highest BCUT2D eigenvalue weighted by Crippen LogP contribution is 2.33. The van der Waals surface area contributed by atoms with Gasteiger partial charge < -0.3 is 25.0 Å². The van der Waals surface area contributed by atoms with Gasteiger partial charge in [0.25, 0.3) is 0 Å². The molecule has 0 spiro atoms. The van der Waals surface area contributed by atoms with E-state index in [2.05, 4.69) is 10.2 Å². The molecule has 2 N–H and O–H groups in total. The summed E-state index contributed by atoms with van der Waals surface area (Å²) >= 11 is 0. The summed E-state index contributed by atoms with van der Waals surface area (Å²) in [7, 11) is 1.98. The van der Waals surface area contributed by atoms with Crippen molar-refractivity contribution < 1.29 is 19.4 Å². The largest absolute Gasteiger partial charge is 0.490 e. The second-order valence-electron chi connectivity index (χ2n) is 6.01. The maximum Gasteiger partial charge on any atom is 0.321 e. The van der Waals surface area contributed by atoms with Gasteiger partial charge in [-0.2, -0.15) is 0 Å².